The van der Waals surface area contributed by atoms with E-state index in [0.29, 0.717) is 5.56 Å². The van der Waals surface area contributed by atoms with Crippen LogP contribution in [-0.2, 0) is 5.60 Å². The summed E-state index contributed by atoms with van der Waals surface area (Å²) in [6, 6.07) is 12.7. The molecule has 0 bridgehead atoms. The second-order valence-electron chi connectivity index (χ2n) is 4.63. The lowest BCUT2D eigenvalue weighted by Crippen LogP contribution is -2.33. The summed E-state index contributed by atoms with van der Waals surface area (Å²) in [7, 11) is 0. The monoisotopic (exact) mass is 276 g/mol. The average Bonchev–Trinajstić information content (AvgIpc) is 2.48. The molecule has 4 heteroatoms. The predicted molar refractivity (Wildman–Crippen MR) is 75.2 cm³/mol. The van der Waals surface area contributed by atoms with Crippen molar-refractivity contribution < 1.29 is 13.9 Å². The van der Waals surface area contributed by atoms with Crippen LogP contribution in [0.3, 0.4) is 0 Å². The van der Waals surface area contributed by atoms with Crippen LogP contribution in [0.5, 0.6) is 0 Å². The molecular formula is C16H16F2NO. The van der Waals surface area contributed by atoms with Crippen LogP contribution in [0.2, 0.25) is 0 Å². The van der Waals surface area contributed by atoms with Crippen molar-refractivity contribution in [2.75, 3.05) is 11.9 Å². The highest BCUT2D eigenvalue weighted by Gasteiger charge is 2.28. The van der Waals surface area contributed by atoms with Gasteiger partial charge in [-0.05, 0) is 36.2 Å². The van der Waals surface area contributed by atoms with Crippen LogP contribution in [0.4, 0.5) is 14.5 Å². The zero-order chi connectivity index (χ0) is 14.6. The van der Waals surface area contributed by atoms with Crippen molar-refractivity contribution in [2.45, 2.75) is 12.0 Å². The molecule has 0 aromatic heterocycles. The molecule has 2 aromatic rings. The summed E-state index contributed by atoms with van der Waals surface area (Å²) in [5, 5.41) is 13.6. The Balaban J connectivity index is 2.18. The van der Waals surface area contributed by atoms with Gasteiger partial charge in [-0.1, -0.05) is 31.2 Å². The molecule has 0 aliphatic rings. The number of nitrogens with one attached hydrogen (secondary N) is 1. The molecule has 0 fully saturated rings. The summed E-state index contributed by atoms with van der Waals surface area (Å²) in [5.74, 6) is -1.91. The van der Waals surface area contributed by atoms with E-state index in [4.69, 9.17) is 0 Å². The van der Waals surface area contributed by atoms with Crippen LogP contribution in [0, 0.1) is 18.6 Å². The van der Waals surface area contributed by atoms with E-state index >= 15 is 0 Å². The maximum absolute atomic E-state index is 13.3. The SMILES string of the molecule is [CH2]CC(O)(CNc1ccccc1)c1ccc(F)c(F)c1. The van der Waals surface area contributed by atoms with E-state index in [-0.39, 0.29) is 13.0 Å². The van der Waals surface area contributed by atoms with Crippen molar-refractivity contribution in [3.8, 4) is 0 Å². The fourth-order valence-corrected chi connectivity index (χ4v) is 1.92. The van der Waals surface area contributed by atoms with E-state index < -0.39 is 17.2 Å². The molecular weight excluding hydrogens is 260 g/mol. The molecule has 0 aliphatic carbocycles. The Hall–Kier alpha value is -1.94. The molecule has 0 amide bonds. The van der Waals surface area contributed by atoms with E-state index in [1.165, 1.54) is 6.07 Å². The van der Waals surface area contributed by atoms with Crippen molar-refractivity contribution in [1.82, 2.24) is 0 Å². The molecule has 0 aliphatic heterocycles. The van der Waals surface area contributed by atoms with Gasteiger partial charge in [0.15, 0.2) is 11.6 Å². The average molecular weight is 276 g/mol. The largest absolute Gasteiger partial charge is 0.383 e. The highest BCUT2D eigenvalue weighted by Crippen LogP contribution is 2.26. The molecule has 2 nitrogen and oxygen atoms in total. The molecule has 0 saturated carbocycles. The molecule has 2 aromatic carbocycles. The van der Waals surface area contributed by atoms with E-state index in [9.17, 15) is 13.9 Å². The molecule has 2 rings (SSSR count). The van der Waals surface area contributed by atoms with Gasteiger partial charge in [0.05, 0.1) is 0 Å². The number of para-hydroxylation sites is 1. The first-order valence-corrected chi connectivity index (χ1v) is 6.31. The van der Waals surface area contributed by atoms with Gasteiger partial charge < -0.3 is 10.4 Å². The van der Waals surface area contributed by atoms with Crippen LogP contribution in [0.15, 0.2) is 48.5 Å². The third kappa shape index (κ3) is 3.14. The summed E-state index contributed by atoms with van der Waals surface area (Å²) < 4.78 is 26.2. The van der Waals surface area contributed by atoms with Gasteiger partial charge in [-0.15, -0.1) is 0 Å². The first-order chi connectivity index (χ1) is 9.55. The lowest BCUT2D eigenvalue weighted by Gasteiger charge is -2.28. The molecule has 1 radical (unpaired) electrons. The minimum atomic E-state index is -1.36. The van der Waals surface area contributed by atoms with Crippen molar-refractivity contribution in [3.63, 3.8) is 0 Å². The van der Waals surface area contributed by atoms with Gasteiger partial charge in [0.2, 0.25) is 0 Å². The standard InChI is InChI=1S/C16H16F2NO/c1-2-16(20,11-19-13-6-4-3-5-7-13)12-8-9-14(17)15(18)10-12/h3-10,19-20H,1-2,11H2. The summed E-state index contributed by atoms with van der Waals surface area (Å²) >= 11 is 0. The number of aliphatic hydroxyl groups is 1. The van der Waals surface area contributed by atoms with Gasteiger partial charge in [0.1, 0.15) is 5.60 Å². The molecule has 0 saturated heterocycles. The molecule has 0 heterocycles. The topological polar surface area (TPSA) is 32.3 Å². The molecule has 0 spiro atoms. The third-order valence-corrected chi connectivity index (χ3v) is 3.23. The highest BCUT2D eigenvalue weighted by molar-refractivity contribution is 5.43. The fraction of sp³-hybridized carbons (Fsp3) is 0.188. The summed E-state index contributed by atoms with van der Waals surface area (Å²) in [6.45, 7) is 3.85. The van der Waals surface area contributed by atoms with Crippen molar-refractivity contribution in [1.29, 1.82) is 0 Å². The Bertz CT molecular complexity index is 574. The number of hydrogen-bond acceptors (Lipinski definition) is 2. The summed E-state index contributed by atoms with van der Waals surface area (Å²) in [5.41, 5.74) is -0.221. The Labute approximate surface area is 117 Å². The second-order valence-corrected chi connectivity index (χ2v) is 4.63. The number of hydrogen-bond donors (Lipinski definition) is 2. The third-order valence-electron chi connectivity index (χ3n) is 3.23. The minimum Gasteiger partial charge on any atom is -0.383 e. The van der Waals surface area contributed by atoms with Crippen LogP contribution < -0.4 is 5.32 Å². The Morgan fingerprint density at radius 2 is 1.75 bits per heavy atom. The first kappa shape index (κ1) is 14.5. The smallest absolute Gasteiger partial charge is 0.159 e. The highest BCUT2D eigenvalue weighted by atomic mass is 19.2. The van der Waals surface area contributed by atoms with Gasteiger partial charge >= 0.3 is 0 Å². The lowest BCUT2D eigenvalue weighted by molar-refractivity contribution is 0.0525. The maximum atomic E-state index is 13.3. The number of rotatable bonds is 5. The quantitative estimate of drug-likeness (QED) is 0.876. The number of halogens is 2. The van der Waals surface area contributed by atoms with E-state index in [2.05, 4.69) is 12.2 Å². The van der Waals surface area contributed by atoms with Gasteiger partial charge in [0, 0.05) is 12.2 Å². The van der Waals surface area contributed by atoms with E-state index in [1.807, 2.05) is 30.3 Å². The molecule has 1 unspecified atom stereocenters. The normalized spacial score (nSPS) is 13.8. The van der Waals surface area contributed by atoms with Crippen LogP contribution in [-0.4, -0.2) is 11.7 Å². The maximum Gasteiger partial charge on any atom is 0.159 e. The van der Waals surface area contributed by atoms with Crippen molar-refractivity contribution in [2.24, 2.45) is 0 Å². The lowest BCUT2D eigenvalue weighted by atomic mass is 9.91. The van der Waals surface area contributed by atoms with Crippen LogP contribution in [0.25, 0.3) is 0 Å². The van der Waals surface area contributed by atoms with E-state index in [1.54, 1.807) is 0 Å². The Morgan fingerprint density at radius 3 is 2.35 bits per heavy atom. The second kappa shape index (κ2) is 6.01. The van der Waals surface area contributed by atoms with Gasteiger partial charge in [-0.2, -0.15) is 0 Å². The fourth-order valence-electron chi connectivity index (χ4n) is 1.92. The molecule has 20 heavy (non-hydrogen) atoms. The van der Waals surface area contributed by atoms with Crippen molar-refractivity contribution in [3.05, 3.63) is 72.7 Å². The number of benzene rings is 2. The summed E-state index contributed by atoms with van der Waals surface area (Å²) in [6.07, 6.45) is 0.137. The Kier molecular flexibility index (Phi) is 4.35. The Morgan fingerprint density at radius 1 is 1.05 bits per heavy atom. The van der Waals surface area contributed by atoms with E-state index in [0.717, 1.165) is 17.8 Å². The van der Waals surface area contributed by atoms with Gasteiger partial charge in [0.25, 0.3) is 0 Å². The van der Waals surface area contributed by atoms with Crippen molar-refractivity contribution >= 4 is 5.69 Å². The molecule has 1 atom stereocenters. The molecule has 2 N–H and O–H groups in total. The van der Waals surface area contributed by atoms with Crippen LogP contribution >= 0.6 is 0 Å². The minimum absolute atomic E-state index is 0.137. The predicted octanol–water partition coefficient (Wildman–Crippen LogP) is 3.49. The zero-order valence-electron chi connectivity index (χ0n) is 10.9. The zero-order valence-corrected chi connectivity index (χ0v) is 10.9. The van der Waals surface area contributed by atoms with Crippen LogP contribution in [0.1, 0.15) is 12.0 Å². The van der Waals surface area contributed by atoms with Gasteiger partial charge in [-0.3, -0.25) is 0 Å². The first-order valence-electron chi connectivity index (χ1n) is 6.31. The van der Waals surface area contributed by atoms with Gasteiger partial charge in [-0.25, -0.2) is 8.78 Å². The summed E-state index contributed by atoms with van der Waals surface area (Å²) in [4.78, 5) is 0. The number of anilines is 1. The molecule has 105 valence electrons.